The zero-order valence-electron chi connectivity index (χ0n) is 22.3. The van der Waals surface area contributed by atoms with Crippen molar-refractivity contribution in [1.82, 2.24) is 14.9 Å². The van der Waals surface area contributed by atoms with Crippen LogP contribution in [0.25, 0.3) is 0 Å². The molecule has 198 valence electrons. The highest BCUT2D eigenvalue weighted by molar-refractivity contribution is 5.88. The van der Waals surface area contributed by atoms with Crippen molar-refractivity contribution >= 4 is 23.9 Å². The predicted molar refractivity (Wildman–Crippen MR) is 128 cm³/mol. The van der Waals surface area contributed by atoms with E-state index >= 15 is 0 Å². The van der Waals surface area contributed by atoms with Gasteiger partial charge in [-0.1, -0.05) is 0 Å². The second-order valence-electron chi connectivity index (χ2n) is 11.3. The summed E-state index contributed by atoms with van der Waals surface area (Å²) in [6, 6.07) is -2.16. The van der Waals surface area contributed by atoms with Gasteiger partial charge in [-0.05, 0) is 68.7 Å². The van der Waals surface area contributed by atoms with E-state index in [0.29, 0.717) is 5.69 Å². The fraction of sp³-hybridized carbons (Fsp3) is 0.708. The summed E-state index contributed by atoms with van der Waals surface area (Å²) in [6.45, 7) is 15.6. The molecule has 0 aliphatic heterocycles. The molecule has 0 aromatic carbocycles. The maximum absolute atomic E-state index is 12.8. The highest BCUT2D eigenvalue weighted by atomic mass is 16.6. The van der Waals surface area contributed by atoms with Gasteiger partial charge in [0.05, 0.1) is 11.7 Å². The zero-order chi connectivity index (χ0) is 27.2. The fourth-order valence-corrected chi connectivity index (χ4v) is 2.73. The second kappa shape index (κ2) is 11.7. The van der Waals surface area contributed by atoms with Crippen LogP contribution >= 0.6 is 0 Å². The number of esters is 2. The van der Waals surface area contributed by atoms with Gasteiger partial charge >= 0.3 is 18.0 Å². The lowest BCUT2D eigenvalue weighted by Gasteiger charge is -2.25. The van der Waals surface area contributed by atoms with E-state index in [1.54, 1.807) is 62.3 Å². The standard InChI is InChI=1S/C24H40N4O7/c1-22(2,3)33-18(29)11-10-16(25)19(30)27-17(20(31)34-23(4,5)6)12-15-13-28(14-26-15)21(32)35-24(7,8)9/h13-14,16-17H,10-12,25H2,1-9H3,(H,27,30)/t16-,17-/m0/s1. The Morgan fingerprint density at radius 1 is 0.943 bits per heavy atom. The number of carbonyl (C=O) groups is 4. The lowest BCUT2D eigenvalue weighted by atomic mass is 10.1. The molecule has 1 aromatic rings. The summed E-state index contributed by atoms with van der Waals surface area (Å²) < 4.78 is 17.1. The van der Waals surface area contributed by atoms with Gasteiger partial charge in [0.1, 0.15) is 29.2 Å². The molecule has 0 saturated heterocycles. The van der Waals surface area contributed by atoms with Gasteiger partial charge in [0.15, 0.2) is 0 Å². The molecule has 0 aliphatic rings. The van der Waals surface area contributed by atoms with Crippen LogP contribution in [0.1, 0.15) is 80.8 Å². The van der Waals surface area contributed by atoms with E-state index in [1.807, 2.05) is 0 Å². The Balaban J connectivity index is 2.90. The number of imidazole rings is 1. The average molecular weight is 497 g/mol. The molecule has 0 unspecified atom stereocenters. The van der Waals surface area contributed by atoms with E-state index < -0.39 is 52.8 Å². The first-order chi connectivity index (χ1) is 15.8. The van der Waals surface area contributed by atoms with Gasteiger partial charge in [-0.3, -0.25) is 9.59 Å². The number of ether oxygens (including phenoxy) is 3. The van der Waals surface area contributed by atoms with Crippen LogP contribution < -0.4 is 11.1 Å². The molecule has 0 fully saturated rings. The Labute approximate surface area is 207 Å². The number of hydrogen-bond donors (Lipinski definition) is 2. The first-order valence-electron chi connectivity index (χ1n) is 11.5. The van der Waals surface area contributed by atoms with E-state index in [2.05, 4.69) is 10.3 Å². The number of carbonyl (C=O) groups excluding carboxylic acids is 4. The van der Waals surface area contributed by atoms with Crippen molar-refractivity contribution in [2.75, 3.05) is 0 Å². The van der Waals surface area contributed by atoms with Crippen LogP contribution in [-0.4, -0.2) is 62.4 Å². The summed E-state index contributed by atoms with van der Waals surface area (Å²) in [4.78, 5) is 53.8. The van der Waals surface area contributed by atoms with Gasteiger partial charge in [-0.25, -0.2) is 19.1 Å². The molecule has 35 heavy (non-hydrogen) atoms. The summed E-state index contributed by atoms with van der Waals surface area (Å²) in [5.41, 5.74) is 4.17. The highest BCUT2D eigenvalue weighted by Crippen LogP contribution is 2.14. The molecular weight excluding hydrogens is 456 g/mol. The zero-order valence-corrected chi connectivity index (χ0v) is 22.3. The molecule has 11 heteroatoms. The van der Waals surface area contributed by atoms with Crippen LogP contribution in [0.2, 0.25) is 0 Å². The average Bonchev–Trinajstić information content (AvgIpc) is 3.10. The van der Waals surface area contributed by atoms with Gasteiger partial charge in [-0.15, -0.1) is 0 Å². The van der Waals surface area contributed by atoms with Crippen molar-refractivity contribution in [2.45, 2.75) is 110 Å². The van der Waals surface area contributed by atoms with E-state index in [0.717, 1.165) is 4.57 Å². The third kappa shape index (κ3) is 12.4. The van der Waals surface area contributed by atoms with E-state index in [-0.39, 0.29) is 19.3 Å². The number of amides is 1. The SMILES string of the molecule is CC(C)(C)OC(=O)CC[C@H](N)C(=O)N[C@@H](Cc1cn(C(=O)OC(C)(C)C)cn1)C(=O)OC(C)(C)C. The third-order valence-electron chi connectivity index (χ3n) is 4.08. The number of hydrogen-bond acceptors (Lipinski definition) is 9. The van der Waals surface area contributed by atoms with Crippen LogP contribution in [0.15, 0.2) is 12.5 Å². The lowest BCUT2D eigenvalue weighted by Crippen LogP contribution is -2.51. The first-order valence-corrected chi connectivity index (χ1v) is 11.5. The van der Waals surface area contributed by atoms with Crippen molar-refractivity contribution in [2.24, 2.45) is 5.73 Å². The minimum absolute atomic E-state index is 0.0368. The number of nitrogens with one attached hydrogen (secondary N) is 1. The topological polar surface area (TPSA) is 152 Å². The monoisotopic (exact) mass is 496 g/mol. The van der Waals surface area contributed by atoms with Crippen LogP contribution in [0.3, 0.4) is 0 Å². The molecule has 3 N–H and O–H groups in total. The van der Waals surface area contributed by atoms with Crippen LogP contribution in [0.4, 0.5) is 4.79 Å². The summed E-state index contributed by atoms with van der Waals surface area (Å²) in [7, 11) is 0. The normalized spacial score (nSPS) is 14.0. The minimum atomic E-state index is -1.11. The van der Waals surface area contributed by atoms with E-state index in [9.17, 15) is 19.2 Å². The number of nitrogens with zero attached hydrogens (tertiary/aromatic N) is 2. The number of nitrogens with two attached hydrogens (primary N) is 1. The van der Waals surface area contributed by atoms with Crippen molar-refractivity contribution in [3.05, 3.63) is 18.2 Å². The molecule has 0 radical (unpaired) electrons. The Morgan fingerprint density at radius 2 is 1.49 bits per heavy atom. The van der Waals surface area contributed by atoms with Crippen molar-refractivity contribution in [3.8, 4) is 0 Å². The summed E-state index contributed by atoms with van der Waals surface area (Å²) in [5, 5.41) is 2.58. The summed E-state index contributed by atoms with van der Waals surface area (Å²) in [6.07, 6.45) is 2.00. The number of aromatic nitrogens is 2. The van der Waals surface area contributed by atoms with Crippen LogP contribution in [-0.2, 0) is 35.0 Å². The van der Waals surface area contributed by atoms with Crippen molar-refractivity contribution in [1.29, 1.82) is 0 Å². The van der Waals surface area contributed by atoms with Gasteiger partial charge in [-0.2, -0.15) is 0 Å². The Morgan fingerprint density at radius 3 is 2.00 bits per heavy atom. The van der Waals surface area contributed by atoms with Gasteiger partial charge in [0.2, 0.25) is 5.91 Å². The highest BCUT2D eigenvalue weighted by Gasteiger charge is 2.30. The van der Waals surface area contributed by atoms with Crippen molar-refractivity contribution < 1.29 is 33.4 Å². The van der Waals surface area contributed by atoms with E-state index in [4.69, 9.17) is 19.9 Å². The molecule has 0 spiro atoms. The largest absolute Gasteiger partial charge is 0.460 e. The van der Waals surface area contributed by atoms with Gasteiger partial charge in [0, 0.05) is 19.0 Å². The van der Waals surface area contributed by atoms with Crippen molar-refractivity contribution in [3.63, 3.8) is 0 Å². The molecule has 0 aliphatic carbocycles. The Hall–Kier alpha value is -2.95. The minimum Gasteiger partial charge on any atom is -0.460 e. The second-order valence-corrected chi connectivity index (χ2v) is 11.3. The maximum Gasteiger partial charge on any atom is 0.419 e. The third-order valence-corrected chi connectivity index (χ3v) is 4.08. The Kier molecular flexibility index (Phi) is 10.0. The van der Waals surface area contributed by atoms with Gasteiger partial charge < -0.3 is 25.3 Å². The molecule has 1 aromatic heterocycles. The summed E-state index contributed by atoms with van der Waals surface area (Å²) >= 11 is 0. The lowest BCUT2D eigenvalue weighted by molar-refractivity contribution is -0.159. The molecule has 1 amide bonds. The quantitative estimate of drug-likeness (QED) is 0.408. The smallest absolute Gasteiger partial charge is 0.419 e. The maximum atomic E-state index is 12.8. The molecular formula is C24H40N4O7. The van der Waals surface area contributed by atoms with Crippen LogP contribution in [0, 0.1) is 0 Å². The molecule has 11 nitrogen and oxygen atoms in total. The predicted octanol–water partition coefficient (Wildman–Crippen LogP) is 2.48. The van der Waals surface area contributed by atoms with E-state index in [1.165, 1.54) is 12.5 Å². The Bertz CT molecular complexity index is 904. The molecule has 2 atom stereocenters. The molecule has 1 rings (SSSR count). The molecule has 0 saturated carbocycles. The summed E-state index contributed by atoms with van der Waals surface area (Å²) in [5.74, 6) is -1.79. The van der Waals surface area contributed by atoms with Gasteiger partial charge in [0.25, 0.3) is 0 Å². The number of rotatable bonds is 8. The molecule has 0 bridgehead atoms. The fourth-order valence-electron chi connectivity index (χ4n) is 2.73. The first kappa shape index (κ1) is 30.1. The molecule has 1 heterocycles. The van der Waals surface area contributed by atoms with Crippen LogP contribution in [0.5, 0.6) is 0 Å².